The average Bonchev–Trinajstić information content (AvgIpc) is 3.38. The van der Waals surface area contributed by atoms with Crippen molar-refractivity contribution in [2.45, 2.75) is 30.6 Å². The molecule has 1 aliphatic rings. The predicted octanol–water partition coefficient (Wildman–Crippen LogP) is 3.07. The fourth-order valence-corrected chi connectivity index (χ4v) is 4.73. The number of halogens is 1. The second-order valence-corrected chi connectivity index (χ2v) is 9.09. The first-order valence-corrected chi connectivity index (χ1v) is 12.3. The summed E-state index contributed by atoms with van der Waals surface area (Å²) in [5, 5.41) is 3.49. The van der Waals surface area contributed by atoms with Crippen LogP contribution in [0, 0.1) is 5.82 Å². The fourth-order valence-electron chi connectivity index (χ4n) is 3.82. The van der Waals surface area contributed by atoms with E-state index >= 15 is 0 Å². The van der Waals surface area contributed by atoms with Gasteiger partial charge in [-0.2, -0.15) is 0 Å². The van der Waals surface area contributed by atoms with Gasteiger partial charge in [-0.25, -0.2) is 9.37 Å². The smallest absolute Gasteiger partial charge is 0.262 e. The highest BCUT2D eigenvalue weighted by atomic mass is 32.2. The van der Waals surface area contributed by atoms with E-state index in [-0.39, 0.29) is 29.1 Å². The van der Waals surface area contributed by atoms with Gasteiger partial charge >= 0.3 is 0 Å². The van der Waals surface area contributed by atoms with Gasteiger partial charge < -0.3 is 14.8 Å². The number of carbonyl (C=O) groups excluding carboxylic acids is 2. The van der Waals surface area contributed by atoms with Crippen LogP contribution in [0.2, 0.25) is 0 Å². The van der Waals surface area contributed by atoms with E-state index < -0.39 is 5.82 Å². The van der Waals surface area contributed by atoms with E-state index in [9.17, 15) is 18.8 Å². The van der Waals surface area contributed by atoms with Crippen molar-refractivity contribution in [2.24, 2.45) is 0 Å². The number of hydrogen-bond donors (Lipinski definition) is 1. The molecule has 184 valence electrons. The van der Waals surface area contributed by atoms with E-state index in [2.05, 4.69) is 10.3 Å². The van der Waals surface area contributed by atoms with E-state index in [1.54, 1.807) is 29.9 Å². The number of ketones is 1. The third kappa shape index (κ3) is 6.14. The fraction of sp³-hybridized carbons (Fsp3) is 0.360. The molecule has 10 heteroatoms. The molecule has 1 atom stereocenters. The Morgan fingerprint density at radius 1 is 1.23 bits per heavy atom. The van der Waals surface area contributed by atoms with Crippen molar-refractivity contribution in [1.82, 2.24) is 14.9 Å². The lowest BCUT2D eigenvalue weighted by molar-refractivity contribution is 0.0935. The minimum Gasteiger partial charge on any atom is -0.383 e. The van der Waals surface area contributed by atoms with Crippen molar-refractivity contribution >= 4 is 34.4 Å². The molecule has 4 rings (SSSR count). The van der Waals surface area contributed by atoms with Crippen LogP contribution >= 0.6 is 11.8 Å². The summed E-state index contributed by atoms with van der Waals surface area (Å²) in [6.45, 7) is 1.71. The Balaban J connectivity index is 1.64. The lowest BCUT2D eigenvalue weighted by Gasteiger charge is -2.16. The molecule has 1 N–H and O–H groups in total. The zero-order valence-electron chi connectivity index (χ0n) is 19.3. The summed E-state index contributed by atoms with van der Waals surface area (Å²) in [6, 6.07) is 10.1. The molecule has 8 nitrogen and oxygen atoms in total. The van der Waals surface area contributed by atoms with Crippen LogP contribution in [0.25, 0.3) is 10.9 Å². The molecular weight excluding hydrogens is 473 g/mol. The molecule has 3 aromatic rings. The first-order chi connectivity index (χ1) is 17.0. The van der Waals surface area contributed by atoms with Gasteiger partial charge in [0.15, 0.2) is 10.9 Å². The number of aromatic nitrogens is 2. The number of Topliss-reactive ketones (excluding diaryl/α,β-unsaturated/α-hetero) is 1. The van der Waals surface area contributed by atoms with E-state index in [1.807, 2.05) is 0 Å². The number of benzene rings is 2. The molecular formula is C25H26FN3O5S. The third-order valence-corrected chi connectivity index (χ3v) is 6.66. The second kappa shape index (κ2) is 11.6. The highest BCUT2D eigenvalue weighted by Gasteiger charge is 2.21. The number of fused-ring (bicyclic) bond motifs is 1. The number of nitrogens with zero attached hydrogens (tertiary/aromatic N) is 2. The monoisotopic (exact) mass is 499 g/mol. The van der Waals surface area contributed by atoms with Gasteiger partial charge in [0.25, 0.3) is 11.5 Å². The van der Waals surface area contributed by atoms with E-state index in [1.165, 1.54) is 24.3 Å². The van der Waals surface area contributed by atoms with Crippen molar-refractivity contribution in [3.05, 3.63) is 69.8 Å². The molecule has 35 heavy (non-hydrogen) atoms. The van der Waals surface area contributed by atoms with Crippen molar-refractivity contribution in [3.8, 4) is 0 Å². The molecule has 0 spiro atoms. The van der Waals surface area contributed by atoms with Gasteiger partial charge in [-0.15, -0.1) is 0 Å². The van der Waals surface area contributed by atoms with Gasteiger partial charge in [0.05, 0.1) is 35.9 Å². The molecule has 1 saturated heterocycles. The summed E-state index contributed by atoms with van der Waals surface area (Å²) in [6.07, 6.45) is 1.65. The van der Waals surface area contributed by atoms with E-state index in [0.29, 0.717) is 53.5 Å². The van der Waals surface area contributed by atoms with Gasteiger partial charge in [-0.3, -0.25) is 19.0 Å². The van der Waals surface area contributed by atoms with Crippen LogP contribution in [0.3, 0.4) is 0 Å². The SMILES string of the molecule is COCCNC(=O)c1ccc2c(=O)n(CC3CCCO3)c(SCC(=O)c3ccc(F)cc3)nc2c1. The van der Waals surface area contributed by atoms with Crippen LogP contribution in [-0.2, 0) is 16.0 Å². The molecule has 1 aromatic heterocycles. The lowest BCUT2D eigenvalue weighted by Crippen LogP contribution is -2.29. The van der Waals surface area contributed by atoms with Crippen LogP contribution in [0.1, 0.15) is 33.6 Å². The zero-order chi connectivity index (χ0) is 24.8. The quantitative estimate of drug-likeness (QED) is 0.198. The average molecular weight is 500 g/mol. The van der Waals surface area contributed by atoms with Crippen LogP contribution < -0.4 is 10.9 Å². The third-order valence-electron chi connectivity index (χ3n) is 5.68. The number of thioether (sulfide) groups is 1. The largest absolute Gasteiger partial charge is 0.383 e. The number of rotatable bonds is 10. The Morgan fingerprint density at radius 3 is 2.71 bits per heavy atom. The summed E-state index contributed by atoms with van der Waals surface area (Å²) < 4.78 is 25.4. The van der Waals surface area contributed by atoms with Crippen molar-refractivity contribution in [3.63, 3.8) is 0 Å². The minimum atomic E-state index is -0.419. The highest BCUT2D eigenvalue weighted by molar-refractivity contribution is 7.99. The van der Waals surface area contributed by atoms with Crippen molar-refractivity contribution in [2.75, 3.05) is 32.6 Å². The van der Waals surface area contributed by atoms with Crippen LogP contribution in [-0.4, -0.2) is 60.0 Å². The Hall–Kier alpha value is -3.08. The van der Waals surface area contributed by atoms with Gasteiger partial charge in [0.1, 0.15) is 5.82 Å². The van der Waals surface area contributed by atoms with Gasteiger partial charge in [-0.05, 0) is 55.3 Å². The molecule has 0 aliphatic carbocycles. The molecule has 1 aliphatic heterocycles. The molecule has 2 aromatic carbocycles. The summed E-state index contributed by atoms with van der Waals surface area (Å²) in [5.41, 5.74) is 0.863. The zero-order valence-corrected chi connectivity index (χ0v) is 20.1. The van der Waals surface area contributed by atoms with Crippen LogP contribution in [0.4, 0.5) is 4.39 Å². The summed E-state index contributed by atoms with van der Waals surface area (Å²) >= 11 is 1.13. The lowest BCUT2D eigenvalue weighted by atomic mass is 10.1. The Morgan fingerprint density at radius 2 is 2.00 bits per heavy atom. The number of methoxy groups -OCH3 is 1. The molecule has 0 saturated carbocycles. The maximum Gasteiger partial charge on any atom is 0.262 e. The first kappa shape index (κ1) is 25.0. The van der Waals surface area contributed by atoms with Crippen LogP contribution in [0.5, 0.6) is 0 Å². The number of hydrogen-bond acceptors (Lipinski definition) is 7. The van der Waals surface area contributed by atoms with E-state index in [0.717, 1.165) is 24.6 Å². The molecule has 0 bridgehead atoms. The number of amides is 1. The molecule has 0 radical (unpaired) electrons. The first-order valence-electron chi connectivity index (χ1n) is 11.3. The van der Waals surface area contributed by atoms with Crippen molar-refractivity contribution in [1.29, 1.82) is 0 Å². The Kier molecular flexibility index (Phi) is 8.27. The summed E-state index contributed by atoms with van der Waals surface area (Å²) in [5.74, 6) is -0.904. The number of ether oxygens (including phenoxy) is 2. The maximum atomic E-state index is 13.4. The highest BCUT2D eigenvalue weighted by Crippen LogP contribution is 2.23. The standard InChI is InChI=1S/C25H26FN3O5S/c1-33-12-10-27-23(31)17-6-9-20-21(13-17)28-25(29(24(20)32)14-19-3-2-11-34-19)35-15-22(30)16-4-7-18(26)8-5-16/h4-9,13,19H,2-3,10-12,14-15H2,1H3,(H,27,31). The van der Waals surface area contributed by atoms with Gasteiger partial charge in [0, 0.05) is 31.4 Å². The number of carbonyl (C=O) groups is 2. The predicted molar refractivity (Wildman–Crippen MR) is 131 cm³/mol. The van der Waals surface area contributed by atoms with E-state index in [4.69, 9.17) is 9.47 Å². The Bertz CT molecular complexity index is 1270. The normalized spacial score (nSPS) is 15.4. The second-order valence-electron chi connectivity index (χ2n) is 8.14. The van der Waals surface area contributed by atoms with Gasteiger partial charge in [-0.1, -0.05) is 11.8 Å². The van der Waals surface area contributed by atoms with Crippen LogP contribution in [0.15, 0.2) is 52.4 Å². The minimum absolute atomic E-state index is 0.0201. The molecule has 1 unspecified atom stereocenters. The molecule has 1 amide bonds. The Labute approximate surface area is 205 Å². The van der Waals surface area contributed by atoms with Gasteiger partial charge in [0.2, 0.25) is 0 Å². The molecule has 2 heterocycles. The molecule has 1 fully saturated rings. The summed E-state index contributed by atoms with van der Waals surface area (Å²) in [4.78, 5) is 43.2. The number of nitrogens with one attached hydrogen (secondary N) is 1. The summed E-state index contributed by atoms with van der Waals surface area (Å²) in [7, 11) is 1.55. The maximum absolute atomic E-state index is 13.4. The topological polar surface area (TPSA) is 99.5 Å². The van der Waals surface area contributed by atoms with Crippen molar-refractivity contribution < 1.29 is 23.5 Å².